The summed E-state index contributed by atoms with van der Waals surface area (Å²) < 4.78 is 13.6. The number of aromatic nitrogens is 3. The summed E-state index contributed by atoms with van der Waals surface area (Å²) in [6.07, 6.45) is 5.59. The summed E-state index contributed by atoms with van der Waals surface area (Å²) in [4.78, 5) is 8.72. The Bertz CT molecular complexity index is 606. The molecule has 0 radical (unpaired) electrons. The highest BCUT2D eigenvalue weighted by molar-refractivity contribution is 6.76. The van der Waals surface area contributed by atoms with E-state index in [1.54, 1.807) is 12.4 Å². The van der Waals surface area contributed by atoms with E-state index in [1.807, 2.05) is 36.7 Å². The van der Waals surface area contributed by atoms with Gasteiger partial charge in [-0.1, -0.05) is 19.6 Å². The fourth-order valence-electron chi connectivity index (χ4n) is 1.99. The molecule has 6 heteroatoms. The van der Waals surface area contributed by atoms with Crippen LogP contribution in [0.25, 0.3) is 11.3 Å². The quantitative estimate of drug-likeness (QED) is 0.540. The molecule has 126 valence electrons. The smallest absolute Gasteiger partial charge is 0.299 e. The SMILES string of the molecule is CC(C)Oc1nc(-c2cccnc2)cn1COCC[Si](C)(C)C. The first-order chi connectivity index (χ1) is 10.8. The van der Waals surface area contributed by atoms with Gasteiger partial charge >= 0.3 is 0 Å². The second-order valence-electron chi connectivity index (χ2n) is 7.13. The Labute approximate surface area is 139 Å². The molecule has 0 fully saturated rings. The number of rotatable bonds is 8. The van der Waals surface area contributed by atoms with Crippen LogP contribution < -0.4 is 4.74 Å². The van der Waals surface area contributed by atoms with E-state index in [0.717, 1.165) is 23.9 Å². The summed E-state index contributed by atoms with van der Waals surface area (Å²) in [5.41, 5.74) is 1.82. The number of imidazole rings is 1. The third-order valence-corrected chi connectivity index (χ3v) is 4.97. The largest absolute Gasteiger partial charge is 0.462 e. The van der Waals surface area contributed by atoms with Crippen LogP contribution in [0.2, 0.25) is 25.7 Å². The summed E-state index contributed by atoms with van der Waals surface area (Å²) >= 11 is 0. The Morgan fingerprint density at radius 2 is 2.04 bits per heavy atom. The van der Waals surface area contributed by atoms with Crippen molar-refractivity contribution in [3.8, 4) is 17.3 Å². The highest BCUT2D eigenvalue weighted by Gasteiger charge is 2.14. The van der Waals surface area contributed by atoms with Crippen molar-refractivity contribution in [2.75, 3.05) is 6.61 Å². The van der Waals surface area contributed by atoms with Gasteiger partial charge in [0.05, 0.1) is 11.8 Å². The van der Waals surface area contributed by atoms with Gasteiger partial charge < -0.3 is 9.47 Å². The fraction of sp³-hybridized carbons (Fsp3) is 0.529. The van der Waals surface area contributed by atoms with Crippen molar-refractivity contribution in [3.63, 3.8) is 0 Å². The molecule has 0 unspecified atom stereocenters. The van der Waals surface area contributed by atoms with Gasteiger partial charge in [-0.05, 0) is 32.0 Å². The maximum atomic E-state index is 5.83. The first kappa shape index (κ1) is 17.7. The predicted octanol–water partition coefficient (Wildman–Crippen LogP) is 4.04. The average Bonchev–Trinajstić information content (AvgIpc) is 2.86. The van der Waals surface area contributed by atoms with E-state index in [0.29, 0.717) is 12.7 Å². The van der Waals surface area contributed by atoms with Crippen molar-refractivity contribution in [3.05, 3.63) is 30.7 Å². The molecular formula is C17H27N3O2Si. The van der Waals surface area contributed by atoms with E-state index in [-0.39, 0.29) is 6.10 Å². The molecule has 0 aliphatic heterocycles. The van der Waals surface area contributed by atoms with Crippen LogP contribution in [0.3, 0.4) is 0 Å². The fourth-order valence-corrected chi connectivity index (χ4v) is 2.75. The first-order valence-electron chi connectivity index (χ1n) is 8.07. The van der Waals surface area contributed by atoms with E-state index in [9.17, 15) is 0 Å². The first-order valence-corrected chi connectivity index (χ1v) is 11.8. The van der Waals surface area contributed by atoms with Gasteiger partial charge in [0.2, 0.25) is 0 Å². The van der Waals surface area contributed by atoms with Gasteiger partial charge in [-0.25, -0.2) is 0 Å². The highest BCUT2D eigenvalue weighted by Crippen LogP contribution is 2.22. The molecule has 0 saturated heterocycles. The minimum atomic E-state index is -1.07. The number of hydrogen-bond donors (Lipinski definition) is 0. The maximum Gasteiger partial charge on any atom is 0.299 e. The van der Waals surface area contributed by atoms with Crippen molar-refractivity contribution in [2.45, 2.75) is 52.4 Å². The van der Waals surface area contributed by atoms with Crippen LogP contribution in [0.5, 0.6) is 6.01 Å². The predicted molar refractivity (Wildman–Crippen MR) is 95.3 cm³/mol. The molecule has 0 N–H and O–H groups in total. The van der Waals surface area contributed by atoms with Gasteiger partial charge in [0.25, 0.3) is 6.01 Å². The van der Waals surface area contributed by atoms with Crippen LogP contribution in [-0.4, -0.2) is 35.3 Å². The van der Waals surface area contributed by atoms with Crippen LogP contribution in [0.1, 0.15) is 13.8 Å². The molecule has 0 aromatic carbocycles. The zero-order chi connectivity index (χ0) is 16.9. The van der Waals surface area contributed by atoms with Crippen molar-refractivity contribution < 1.29 is 9.47 Å². The lowest BCUT2D eigenvalue weighted by Crippen LogP contribution is -2.22. The van der Waals surface area contributed by atoms with Crippen LogP contribution >= 0.6 is 0 Å². The van der Waals surface area contributed by atoms with Gasteiger partial charge in [0, 0.05) is 38.8 Å². The lowest BCUT2D eigenvalue weighted by Gasteiger charge is -2.16. The van der Waals surface area contributed by atoms with Crippen LogP contribution in [0, 0.1) is 0 Å². The Balaban J connectivity index is 2.08. The van der Waals surface area contributed by atoms with E-state index in [1.165, 1.54) is 0 Å². The topological polar surface area (TPSA) is 49.2 Å². The van der Waals surface area contributed by atoms with Crippen molar-refractivity contribution in [1.82, 2.24) is 14.5 Å². The Morgan fingerprint density at radius 1 is 1.26 bits per heavy atom. The lowest BCUT2D eigenvalue weighted by molar-refractivity contribution is 0.0752. The zero-order valence-corrected chi connectivity index (χ0v) is 15.7. The molecule has 2 aromatic heterocycles. The van der Waals surface area contributed by atoms with Crippen LogP contribution in [0.15, 0.2) is 30.7 Å². The molecule has 2 aromatic rings. The summed E-state index contributed by atoms with van der Waals surface area (Å²) in [6, 6.07) is 5.64. The minimum Gasteiger partial charge on any atom is -0.462 e. The average molecular weight is 334 g/mol. The molecule has 0 aliphatic carbocycles. The summed E-state index contributed by atoms with van der Waals surface area (Å²) in [7, 11) is -1.07. The molecule has 23 heavy (non-hydrogen) atoms. The van der Waals surface area contributed by atoms with Gasteiger partial charge in [0.15, 0.2) is 0 Å². The summed E-state index contributed by atoms with van der Waals surface area (Å²) in [5.74, 6) is 0. The molecule has 2 heterocycles. The van der Waals surface area contributed by atoms with Gasteiger partial charge in [0.1, 0.15) is 6.73 Å². The molecule has 5 nitrogen and oxygen atoms in total. The number of ether oxygens (including phenoxy) is 2. The Morgan fingerprint density at radius 3 is 2.65 bits per heavy atom. The molecule has 0 spiro atoms. The standard InChI is InChI=1S/C17H27N3O2Si/c1-14(2)22-17-19-16(15-7-6-8-18-11-15)12-20(17)13-21-9-10-23(3,4)5/h6-8,11-12,14H,9-10,13H2,1-5H3. The minimum absolute atomic E-state index is 0.0693. The lowest BCUT2D eigenvalue weighted by atomic mass is 10.2. The maximum absolute atomic E-state index is 5.83. The third kappa shape index (κ3) is 5.80. The Kier molecular flexibility index (Phi) is 5.95. The number of pyridine rings is 1. The Hall–Kier alpha value is -1.66. The summed E-state index contributed by atoms with van der Waals surface area (Å²) in [5, 5.41) is 0. The van der Waals surface area contributed by atoms with Crippen LogP contribution in [-0.2, 0) is 11.5 Å². The van der Waals surface area contributed by atoms with Gasteiger partial charge in [-0.2, -0.15) is 4.98 Å². The van der Waals surface area contributed by atoms with E-state index >= 15 is 0 Å². The molecule has 0 aliphatic rings. The summed E-state index contributed by atoms with van der Waals surface area (Å²) in [6.45, 7) is 12.3. The van der Waals surface area contributed by atoms with Crippen LogP contribution in [0.4, 0.5) is 0 Å². The molecule has 0 atom stereocenters. The van der Waals surface area contributed by atoms with E-state index < -0.39 is 8.07 Å². The molecular weight excluding hydrogens is 306 g/mol. The number of hydrogen-bond acceptors (Lipinski definition) is 4. The van der Waals surface area contributed by atoms with Crippen molar-refractivity contribution in [1.29, 1.82) is 0 Å². The second kappa shape index (κ2) is 7.74. The molecule has 0 amide bonds. The van der Waals surface area contributed by atoms with Gasteiger partial charge in [-0.15, -0.1) is 0 Å². The van der Waals surface area contributed by atoms with Crippen molar-refractivity contribution >= 4 is 8.07 Å². The van der Waals surface area contributed by atoms with E-state index in [4.69, 9.17) is 9.47 Å². The molecule has 0 bridgehead atoms. The third-order valence-electron chi connectivity index (χ3n) is 3.27. The van der Waals surface area contributed by atoms with E-state index in [2.05, 4.69) is 29.6 Å². The van der Waals surface area contributed by atoms with Gasteiger partial charge in [-0.3, -0.25) is 9.55 Å². The zero-order valence-electron chi connectivity index (χ0n) is 14.7. The van der Waals surface area contributed by atoms with Crippen molar-refractivity contribution in [2.24, 2.45) is 0 Å². The molecule has 2 rings (SSSR count). The normalized spacial score (nSPS) is 11.9. The monoisotopic (exact) mass is 333 g/mol. The highest BCUT2D eigenvalue weighted by atomic mass is 28.3. The second-order valence-corrected chi connectivity index (χ2v) is 12.8. The molecule has 0 saturated carbocycles. The number of nitrogens with zero attached hydrogens (tertiary/aromatic N) is 3.